The van der Waals surface area contributed by atoms with Gasteiger partial charge in [-0.1, -0.05) is 11.2 Å². The van der Waals surface area contributed by atoms with Crippen molar-refractivity contribution in [2.24, 2.45) is 0 Å². The number of pyridine rings is 1. The van der Waals surface area contributed by atoms with Crippen LogP contribution >= 0.6 is 0 Å². The minimum Gasteiger partial charge on any atom is -0.343 e. The third kappa shape index (κ3) is 2.96. The summed E-state index contributed by atoms with van der Waals surface area (Å²) in [5.74, 6) is 0.870. The lowest BCUT2D eigenvalue weighted by Crippen LogP contribution is -2.39. The summed E-state index contributed by atoms with van der Waals surface area (Å²) in [6.07, 6.45) is 3.25. The molecule has 3 heterocycles. The molecular formula is C20H22N4O2. The molecule has 1 amide bonds. The molecule has 1 aliphatic heterocycles. The molecule has 0 spiro atoms. The molecule has 0 unspecified atom stereocenters. The maximum atomic E-state index is 13.4. The van der Waals surface area contributed by atoms with Crippen molar-refractivity contribution < 1.29 is 9.32 Å². The molecule has 1 atom stereocenters. The molecule has 0 N–H and O–H groups in total. The van der Waals surface area contributed by atoms with Gasteiger partial charge in [0, 0.05) is 30.1 Å². The smallest absolute Gasteiger partial charge is 0.254 e. The SMILES string of the molecule is Cc1cc(C)c2c(C(=O)N3CCC[C@@H](c4ncon4)C3)cc(C)nc2c1. The van der Waals surface area contributed by atoms with Crippen LogP contribution in [0.2, 0.25) is 0 Å². The van der Waals surface area contributed by atoms with E-state index in [-0.39, 0.29) is 11.8 Å². The zero-order valence-electron chi connectivity index (χ0n) is 15.3. The second-order valence-corrected chi connectivity index (χ2v) is 7.17. The van der Waals surface area contributed by atoms with E-state index < -0.39 is 0 Å². The Hall–Kier alpha value is -2.76. The van der Waals surface area contributed by atoms with Gasteiger partial charge in [0.15, 0.2) is 5.82 Å². The van der Waals surface area contributed by atoms with Crippen molar-refractivity contribution in [1.82, 2.24) is 20.0 Å². The quantitative estimate of drug-likeness (QED) is 0.706. The van der Waals surface area contributed by atoms with E-state index in [9.17, 15) is 4.79 Å². The van der Waals surface area contributed by atoms with E-state index in [2.05, 4.69) is 28.1 Å². The Morgan fingerprint density at radius 3 is 2.85 bits per heavy atom. The molecule has 3 aromatic rings. The summed E-state index contributed by atoms with van der Waals surface area (Å²) >= 11 is 0. The van der Waals surface area contributed by atoms with Crippen LogP contribution in [0.25, 0.3) is 10.9 Å². The number of piperidine rings is 1. The van der Waals surface area contributed by atoms with Crippen molar-refractivity contribution in [2.45, 2.75) is 39.5 Å². The molecule has 0 radical (unpaired) electrons. The zero-order valence-corrected chi connectivity index (χ0v) is 15.3. The summed E-state index contributed by atoms with van der Waals surface area (Å²) < 4.78 is 4.88. The van der Waals surface area contributed by atoms with Gasteiger partial charge in [-0.25, -0.2) is 0 Å². The molecule has 26 heavy (non-hydrogen) atoms. The standard InChI is InChI=1S/C20H22N4O2/c1-12-7-13(2)18-16(9-14(3)22-17(18)8-12)20(25)24-6-4-5-15(10-24)19-21-11-26-23-19/h7-9,11,15H,4-6,10H2,1-3H3/t15-/m1/s1. The first-order valence-corrected chi connectivity index (χ1v) is 8.97. The number of likely N-dealkylation sites (tertiary alicyclic amines) is 1. The maximum absolute atomic E-state index is 13.4. The van der Waals surface area contributed by atoms with Crippen molar-refractivity contribution in [3.63, 3.8) is 0 Å². The van der Waals surface area contributed by atoms with Gasteiger partial charge in [-0.15, -0.1) is 0 Å². The van der Waals surface area contributed by atoms with Gasteiger partial charge in [-0.3, -0.25) is 9.78 Å². The highest BCUT2D eigenvalue weighted by Crippen LogP contribution is 2.29. The van der Waals surface area contributed by atoms with Crippen LogP contribution in [0, 0.1) is 20.8 Å². The lowest BCUT2D eigenvalue weighted by Gasteiger charge is -2.31. The second kappa shape index (κ2) is 6.52. The highest BCUT2D eigenvalue weighted by Gasteiger charge is 2.29. The van der Waals surface area contributed by atoms with Gasteiger partial charge >= 0.3 is 0 Å². The summed E-state index contributed by atoms with van der Waals surface area (Å²) in [6, 6.07) is 6.06. The van der Waals surface area contributed by atoms with Crippen LogP contribution in [0.5, 0.6) is 0 Å². The Kier molecular flexibility index (Phi) is 4.18. The highest BCUT2D eigenvalue weighted by atomic mass is 16.5. The number of aromatic nitrogens is 3. The third-order valence-corrected chi connectivity index (χ3v) is 5.06. The number of fused-ring (bicyclic) bond motifs is 1. The van der Waals surface area contributed by atoms with E-state index in [1.165, 1.54) is 6.39 Å². The van der Waals surface area contributed by atoms with Crippen LogP contribution in [-0.2, 0) is 0 Å². The number of hydrogen-bond donors (Lipinski definition) is 0. The van der Waals surface area contributed by atoms with Gasteiger partial charge in [0.25, 0.3) is 5.91 Å². The van der Waals surface area contributed by atoms with Gasteiger partial charge in [0.1, 0.15) is 0 Å². The number of carbonyl (C=O) groups is 1. The van der Waals surface area contributed by atoms with Gasteiger partial charge < -0.3 is 9.42 Å². The van der Waals surface area contributed by atoms with Crippen LogP contribution in [0.15, 0.2) is 29.1 Å². The van der Waals surface area contributed by atoms with Crippen molar-refractivity contribution >= 4 is 16.8 Å². The normalized spacial score (nSPS) is 17.7. The van der Waals surface area contributed by atoms with Crippen molar-refractivity contribution in [1.29, 1.82) is 0 Å². The summed E-state index contributed by atoms with van der Waals surface area (Å²) in [4.78, 5) is 24.1. The first kappa shape index (κ1) is 16.7. The number of amides is 1. The number of nitrogens with zero attached hydrogens (tertiary/aromatic N) is 4. The summed E-state index contributed by atoms with van der Waals surface area (Å²) in [6.45, 7) is 7.40. The molecule has 6 nitrogen and oxygen atoms in total. The number of aryl methyl sites for hydroxylation is 3. The summed E-state index contributed by atoms with van der Waals surface area (Å²) in [5.41, 5.74) is 4.72. The average Bonchev–Trinajstić information content (AvgIpc) is 3.14. The molecule has 1 saturated heterocycles. The van der Waals surface area contributed by atoms with Crippen LogP contribution in [0.1, 0.15) is 51.8 Å². The maximum Gasteiger partial charge on any atom is 0.254 e. The van der Waals surface area contributed by atoms with Crippen molar-refractivity contribution in [3.05, 3.63) is 52.8 Å². The first-order valence-electron chi connectivity index (χ1n) is 8.97. The topological polar surface area (TPSA) is 72.1 Å². The lowest BCUT2D eigenvalue weighted by atomic mass is 9.95. The minimum atomic E-state index is 0.0562. The van der Waals surface area contributed by atoms with Crippen LogP contribution < -0.4 is 0 Å². The van der Waals surface area contributed by atoms with Crippen LogP contribution in [0.3, 0.4) is 0 Å². The molecular weight excluding hydrogens is 328 g/mol. The van der Waals surface area contributed by atoms with E-state index in [1.807, 2.05) is 30.9 Å². The summed E-state index contributed by atoms with van der Waals surface area (Å²) in [7, 11) is 0. The predicted octanol–water partition coefficient (Wildman–Crippen LogP) is 3.56. The van der Waals surface area contributed by atoms with E-state index >= 15 is 0 Å². The third-order valence-electron chi connectivity index (χ3n) is 5.06. The first-order chi connectivity index (χ1) is 12.5. The number of benzene rings is 1. The Balaban J connectivity index is 1.72. The van der Waals surface area contributed by atoms with E-state index in [1.54, 1.807) is 0 Å². The van der Waals surface area contributed by atoms with E-state index in [0.717, 1.165) is 52.7 Å². The molecule has 0 aliphatic carbocycles. The minimum absolute atomic E-state index is 0.0562. The van der Waals surface area contributed by atoms with Gasteiger partial charge in [0.2, 0.25) is 6.39 Å². The predicted molar refractivity (Wildman–Crippen MR) is 98.1 cm³/mol. The monoisotopic (exact) mass is 350 g/mol. The average molecular weight is 350 g/mol. The molecule has 1 aliphatic rings. The van der Waals surface area contributed by atoms with E-state index in [0.29, 0.717) is 12.4 Å². The fraction of sp³-hybridized carbons (Fsp3) is 0.400. The molecule has 4 rings (SSSR count). The molecule has 6 heteroatoms. The number of hydrogen-bond acceptors (Lipinski definition) is 5. The van der Waals surface area contributed by atoms with E-state index in [4.69, 9.17) is 4.52 Å². The fourth-order valence-corrected chi connectivity index (χ4v) is 3.96. The highest BCUT2D eigenvalue weighted by molar-refractivity contribution is 6.07. The van der Waals surface area contributed by atoms with Gasteiger partial charge in [-0.2, -0.15) is 4.98 Å². The lowest BCUT2D eigenvalue weighted by molar-refractivity contribution is 0.0705. The molecule has 0 bridgehead atoms. The second-order valence-electron chi connectivity index (χ2n) is 7.17. The van der Waals surface area contributed by atoms with Crippen LogP contribution in [-0.4, -0.2) is 39.0 Å². The molecule has 1 aromatic carbocycles. The Morgan fingerprint density at radius 1 is 1.23 bits per heavy atom. The Labute approximate surface area is 152 Å². The Morgan fingerprint density at radius 2 is 2.08 bits per heavy atom. The zero-order chi connectivity index (χ0) is 18.3. The van der Waals surface area contributed by atoms with Crippen molar-refractivity contribution in [2.75, 3.05) is 13.1 Å². The molecule has 1 fully saturated rings. The number of rotatable bonds is 2. The van der Waals surface area contributed by atoms with Crippen LogP contribution in [0.4, 0.5) is 0 Å². The van der Waals surface area contributed by atoms with Crippen molar-refractivity contribution in [3.8, 4) is 0 Å². The summed E-state index contributed by atoms with van der Waals surface area (Å²) in [5, 5.41) is 4.91. The van der Waals surface area contributed by atoms with Gasteiger partial charge in [-0.05, 0) is 56.9 Å². The molecule has 0 saturated carbocycles. The van der Waals surface area contributed by atoms with Gasteiger partial charge in [0.05, 0.1) is 11.1 Å². The fourth-order valence-electron chi connectivity index (χ4n) is 3.96. The molecule has 2 aromatic heterocycles. The largest absolute Gasteiger partial charge is 0.343 e. The number of carbonyl (C=O) groups excluding carboxylic acids is 1. The Bertz CT molecular complexity index is 960. The molecule has 134 valence electrons.